The number of halogens is 1. The third kappa shape index (κ3) is 2.46. The highest BCUT2D eigenvalue weighted by molar-refractivity contribution is 6.30. The number of amides is 1. The van der Waals surface area contributed by atoms with Crippen LogP contribution in [0.3, 0.4) is 0 Å². The molecule has 1 amide bonds. The lowest BCUT2D eigenvalue weighted by Gasteiger charge is -2.43. The van der Waals surface area contributed by atoms with Crippen molar-refractivity contribution in [2.75, 3.05) is 4.90 Å². The number of carbonyl (C=O) groups is 1. The molecule has 0 bridgehead atoms. The number of hydrogen-bond donors (Lipinski definition) is 0. The Morgan fingerprint density at radius 1 is 1.09 bits per heavy atom. The van der Waals surface area contributed by atoms with Crippen LogP contribution in [-0.4, -0.2) is 5.91 Å². The summed E-state index contributed by atoms with van der Waals surface area (Å²) in [4.78, 5) is 14.3. The van der Waals surface area contributed by atoms with Gasteiger partial charge in [0.15, 0.2) is 0 Å². The van der Waals surface area contributed by atoms with E-state index in [2.05, 4.69) is 6.58 Å². The lowest BCUT2D eigenvalue weighted by Crippen LogP contribution is -2.49. The van der Waals surface area contributed by atoms with E-state index in [9.17, 15) is 4.79 Å². The van der Waals surface area contributed by atoms with Crippen molar-refractivity contribution in [2.45, 2.75) is 13.0 Å². The predicted octanol–water partition coefficient (Wildman–Crippen LogP) is 4.85. The molecule has 3 heteroatoms. The van der Waals surface area contributed by atoms with Gasteiger partial charge in [0.25, 0.3) is 5.91 Å². The Morgan fingerprint density at radius 3 is 2.32 bits per heavy atom. The highest BCUT2D eigenvalue weighted by Gasteiger charge is 2.43. The Morgan fingerprint density at radius 2 is 1.73 bits per heavy atom. The van der Waals surface area contributed by atoms with Gasteiger partial charge in [0.2, 0.25) is 0 Å². The second-order valence-corrected chi connectivity index (χ2v) is 5.76. The summed E-state index contributed by atoms with van der Waals surface area (Å²) in [6.45, 7) is 5.73. The lowest BCUT2D eigenvalue weighted by atomic mass is 9.87. The minimum atomic E-state index is -0.0922. The lowest BCUT2D eigenvalue weighted by molar-refractivity contribution is -0.119. The molecule has 0 aliphatic carbocycles. The number of allylic oxidation sites excluding steroid dienone is 2. The predicted molar refractivity (Wildman–Crippen MR) is 91.1 cm³/mol. The molecule has 1 heterocycles. The van der Waals surface area contributed by atoms with Crippen molar-refractivity contribution in [3.63, 3.8) is 0 Å². The van der Waals surface area contributed by atoms with Crippen molar-refractivity contribution < 1.29 is 4.79 Å². The van der Waals surface area contributed by atoms with E-state index in [4.69, 9.17) is 11.6 Å². The fourth-order valence-electron chi connectivity index (χ4n) is 2.68. The van der Waals surface area contributed by atoms with Gasteiger partial charge in [0, 0.05) is 16.3 Å². The smallest absolute Gasteiger partial charge is 0.257 e. The zero-order chi connectivity index (χ0) is 15.7. The van der Waals surface area contributed by atoms with Gasteiger partial charge in [-0.2, -0.15) is 0 Å². The molecule has 2 aromatic carbocycles. The standard InChI is InChI=1S/C19H16ClNO/c1-3-4-17-18(14-7-9-15(20)10-8-14)21(19(17)22)16-11-5-13(2)6-12-16/h3-12,18H,1H2,2H3/b17-4-/t18-/m1/s1. The van der Waals surface area contributed by atoms with Crippen molar-refractivity contribution in [3.8, 4) is 0 Å². The number of benzene rings is 2. The summed E-state index contributed by atoms with van der Waals surface area (Å²) in [6, 6.07) is 15.5. The molecular formula is C19H16ClNO. The van der Waals surface area contributed by atoms with E-state index in [1.807, 2.05) is 55.5 Å². The molecule has 3 rings (SSSR count). The van der Waals surface area contributed by atoms with Gasteiger partial charge in [0.05, 0.1) is 6.04 Å². The highest BCUT2D eigenvalue weighted by atomic mass is 35.5. The van der Waals surface area contributed by atoms with E-state index in [0.29, 0.717) is 5.02 Å². The number of anilines is 1. The third-order valence-electron chi connectivity index (χ3n) is 3.81. The van der Waals surface area contributed by atoms with Crippen LogP contribution in [0.15, 0.2) is 72.8 Å². The van der Waals surface area contributed by atoms with Gasteiger partial charge < -0.3 is 0 Å². The van der Waals surface area contributed by atoms with Crippen LogP contribution in [-0.2, 0) is 4.79 Å². The van der Waals surface area contributed by atoms with Crippen LogP contribution in [0.25, 0.3) is 0 Å². The number of hydrogen-bond acceptors (Lipinski definition) is 1. The Labute approximate surface area is 135 Å². The van der Waals surface area contributed by atoms with Crippen LogP contribution < -0.4 is 4.90 Å². The average molecular weight is 310 g/mol. The maximum Gasteiger partial charge on any atom is 0.257 e. The topological polar surface area (TPSA) is 20.3 Å². The van der Waals surface area contributed by atoms with E-state index in [-0.39, 0.29) is 11.9 Å². The van der Waals surface area contributed by atoms with Gasteiger partial charge in [-0.3, -0.25) is 9.69 Å². The van der Waals surface area contributed by atoms with Gasteiger partial charge in [-0.25, -0.2) is 0 Å². The molecule has 0 spiro atoms. The highest BCUT2D eigenvalue weighted by Crippen LogP contribution is 2.43. The summed E-state index contributed by atoms with van der Waals surface area (Å²) in [6.07, 6.45) is 3.44. The molecule has 0 unspecified atom stereocenters. The molecule has 0 N–H and O–H groups in total. The van der Waals surface area contributed by atoms with E-state index in [1.165, 1.54) is 5.56 Å². The van der Waals surface area contributed by atoms with Gasteiger partial charge in [-0.05, 0) is 36.8 Å². The SMILES string of the molecule is C=C/C=C1\C(=O)N(c2ccc(C)cc2)[C@@H]1c1ccc(Cl)cc1. The minimum absolute atomic E-state index is 0.0173. The summed E-state index contributed by atoms with van der Waals surface area (Å²) >= 11 is 5.96. The largest absolute Gasteiger partial charge is 0.297 e. The van der Waals surface area contributed by atoms with Gasteiger partial charge in [0.1, 0.15) is 0 Å². The van der Waals surface area contributed by atoms with Crippen molar-refractivity contribution in [2.24, 2.45) is 0 Å². The first-order valence-corrected chi connectivity index (χ1v) is 7.48. The van der Waals surface area contributed by atoms with Crippen molar-refractivity contribution in [1.82, 2.24) is 0 Å². The zero-order valence-electron chi connectivity index (χ0n) is 12.3. The molecule has 0 saturated carbocycles. The Kier molecular flexibility index (Phi) is 3.86. The summed E-state index contributed by atoms with van der Waals surface area (Å²) in [5.74, 6) is 0.0173. The molecule has 2 nitrogen and oxygen atoms in total. The minimum Gasteiger partial charge on any atom is -0.297 e. The first kappa shape index (κ1) is 14.6. The Balaban J connectivity index is 2.03. The first-order chi connectivity index (χ1) is 10.6. The van der Waals surface area contributed by atoms with E-state index in [1.54, 1.807) is 17.1 Å². The maximum atomic E-state index is 12.5. The molecule has 0 aromatic heterocycles. The summed E-state index contributed by atoms with van der Waals surface area (Å²) in [5.41, 5.74) is 3.86. The number of carbonyl (C=O) groups excluding carboxylic acids is 1. The van der Waals surface area contributed by atoms with Crippen LogP contribution in [0.4, 0.5) is 5.69 Å². The molecule has 0 radical (unpaired) electrons. The molecule has 1 aliphatic heterocycles. The quantitative estimate of drug-likeness (QED) is 0.586. The van der Waals surface area contributed by atoms with Crippen LogP contribution in [0.2, 0.25) is 5.02 Å². The molecule has 110 valence electrons. The monoisotopic (exact) mass is 309 g/mol. The summed E-state index contributed by atoms with van der Waals surface area (Å²) in [7, 11) is 0. The molecule has 1 aliphatic rings. The second kappa shape index (κ2) is 5.82. The van der Waals surface area contributed by atoms with Gasteiger partial charge >= 0.3 is 0 Å². The van der Waals surface area contributed by atoms with E-state index in [0.717, 1.165) is 16.8 Å². The number of β-lactam (4-membered cyclic amide) rings is 1. The van der Waals surface area contributed by atoms with Crippen molar-refractivity contribution in [1.29, 1.82) is 0 Å². The molecule has 1 fully saturated rings. The van der Waals surface area contributed by atoms with Crippen LogP contribution in [0.1, 0.15) is 17.2 Å². The Bertz CT molecular complexity index is 744. The number of aryl methyl sites for hydroxylation is 1. The normalized spacial score (nSPS) is 19.2. The summed E-state index contributed by atoms with van der Waals surface area (Å²) < 4.78 is 0. The molecular weight excluding hydrogens is 294 g/mol. The second-order valence-electron chi connectivity index (χ2n) is 5.32. The van der Waals surface area contributed by atoms with Crippen molar-refractivity contribution in [3.05, 3.63) is 89.0 Å². The van der Waals surface area contributed by atoms with Gasteiger partial charge in [-0.15, -0.1) is 0 Å². The van der Waals surface area contributed by atoms with E-state index >= 15 is 0 Å². The van der Waals surface area contributed by atoms with Crippen LogP contribution in [0, 0.1) is 6.92 Å². The molecule has 22 heavy (non-hydrogen) atoms. The molecule has 1 atom stereocenters. The maximum absolute atomic E-state index is 12.5. The zero-order valence-corrected chi connectivity index (χ0v) is 13.0. The van der Waals surface area contributed by atoms with Crippen molar-refractivity contribution >= 4 is 23.2 Å². The fourth-order valence-corrected chi connectivity index (χ4v) is 2.81. The van der Waals surface area contributed by atoms with Gasteiger partial charge in [-0.1, -0.05) is 60.2 Å². The van der Waals surface area contributed by atoms with Crippen LogP contribution >= 0.6 is 11.6 Å². The number of nitrogens with zero attached hydrogens (tertiary/aromatic N) is 1. The Hall–Kier alpha value is -2.32. The third-order valence-corrected chi connectivity index (χ3v) is 4.07. The van der Waals surface area contributed by atoms with E-state index < -0.39 is 0 Å². The fraction of sp³-hybridized carbons (Fsp3) is 0.105. The average Bonchev–Trinajstić information content (AvgIpc) is 2.53. The molecule has 1 saturated heterocycles. The number of rotatable bonds is 3. The van der Waals surface area contributed by atoms with Crippen LogP contribution in [0.5, 0.6) is 0 Å². The summed E-state index contributed by atoms with van der Waals surface area (Å²) in [5, 5.41) is 0.686. The molecule has 2 aromatic rings. The first-order valence-electron chi connectivity index (χ1n) is 7.10.